The van der Waals surface area contributed by atoms with Crippen LogP contribution in [-0.2, 0) is 22.5 Å². The zero-order valence-corrected chi connectivity index (χ0v) is 14.5. The Hall–Kier alpha value is -2.24. The molecule has 0 fully saturated rings. The summed E-state index contributed by atoms with van der Waals surface area (Å²) in [7, 11) is 1.64. The summed E-state index contributed by atoms with van der Waals surface area (Å²) >= 11 is 0. The van der Waals surface area contributed by atoms with Crippen molar-refractivity contribution in [3.05, 3.63) is 59.7 Å². The molecule has 2 rings (SSSR count). The van der Waals surface area contributed by atoms with E-state index in [1.54, 1.807) is 19.2 Å². The number of hydrogen-bond donors (Lipinski definition) is 2. The number of rotatable bonds is 8. The van der Waals surface area contributed by atoms with E-state index in [2.05, 4.69) is 5.32 Å². The number of amides is 1. The van der Waals surface area contributed by atoms with Crippen molar-refractivity contribution in [3.63, 3.8) is 0 Å². The Bertz CT molecular complexity index is 632. The van der Waals surface area contributed by atoms with Crippen LogP contribution in [0.15, 0.2) is 48.5 Å². The molecule has 0 radical (unpaired) electrons. The number of halogens is 1. The van der Waals surface area contributed by atoms with Gasteiger partial charge in [-0.1, -0.05) is 24.3 Å². The van der Waals surface area contributed by atoms with Crippen LogP contribution in [0.4, 0.5) is 5.69 Å². The van der Waals surface area contributed by atoms with Gasteiger partial charge in [0.25, 0.3) is 0 Å². The molecule has 0 aromatic heterocycles. The molecule has 1 amide bonds. The second-order valence-electron chi connectivity index (χ2n) is 5.18. The zero-order chi connectivity index (χ0) is 16.5. The third-order valence-corrected chi connectivity index (χ3v) is 3.29. The molecule has 0 bridgehead atoms. The van der Waals surface area contributed by atoms with Gasteiger partial charge in [-0.15, -0.1) is 12.4 Å². The molecule has 0 spiro atoms. The van der Waals surface area contributed by atoms with E-state index in [-0.39, 0.29) is 18.3 Å². The summed E-state index contributed by atoms with van der Waals surface area (Å²) in [5, 5.41) is 2.91. The Morgan fingerprint density at radius 1 is 1.08 bits per heavy atom. The fourth-order valence-electron chi connectivity index (χ4n) is 2.07. The summed E-state index contributed by atoms with van der Waals surface area (Å²) in [6.45, 7) is 1.52. The van der Waals surface area contributed by atoms with Gasteiger partial charge in [-0.05, 0) is 35.4 Å². The van der Waals surface area contributed by atoms with Crippen molar-refractivity contribution in [3.8, 4) is 5.75 Å². The highest BCUT2D eigenvalue weighted by atomic mass is 35.5. The second-order valence-corrected chi connectivity index (χ2v) is 5.18. The molecule has 6 heteroatoms. The van der Waals surface area contributed by atoms with Crippen molar-refractivity contribution in [1.82, 2.24) is 5.32 Å². The van der Waals surface area contributed by atoms with Gasteiger partial charge < -0.3 is 20.5 Å². The number of carbonyl (C=O) groups is 1. The van der Waals surface area contributed by atoms with Crippen LogP contribution < -0.4 is 15.8 Å². The Labute approximate surface area is 148 Å². The smallest absolute Gasteiger partial charge is 0.224 e. The lowest BCUT2D eigenvalue weighted by molar-refractivity contribution is -0.120. The molecule has 0 aliphatic heterocycles. The fraction of sp³-hybridized carbons (Fsp3) is 0.278. The van der Waals surface area contributed by atoms with Crippen molar-refractivity contribution < 1.29 is 14.3 Å². The van der Waals surface area contributed by atoms with E-state index in [4.69, 9.17) is 15.2 Å². The minimum absolute atomic E-state index is 0. The van der Waals surface area contributed by atoms with Gasteiger partial charge in [-0.3, -0.25) is 4.79 Å². The van der Waals surface area contributed by atoms with Gasteiger partial charge in [-0.25, -0.2) is 0 Å². The number of nitrogens with one attached hydrogen (secondary N) is 1. The summed E-state index contributed by atoms with van der Waals surface area (Å²) in [5.41, 5.74) is 8.25. The van der Waals surface area contributed by atoms with Gasteiger partial charge in [0.1, 0.15) is 12.4 Å². The highest BCUT2D eigenvalue weighted by molar-refractivity contribution is 5.85. The molecule has 130 valence electrons. The number of ether oxygens (including phenoxy) is 2. The number of methoxy groups -OCH3 is 1. The highest BCUT2D eigenvalue weighted by Crippen LogP contribution is 2.13. The molecule has 0 aliphatic carbocycles. The third-order valence-electron chi connectivity index (χ3n) is 3.29. The van der Waals surface area contributed by atoms with Crippen LogP contribution in [0.25, 0.3) is 0 Å². The quantitative estimate of drug-likeness (QED) is 0.567. The van der Waals surface area contributed by atoms with Crippen molar-refractivity contribution in [2.24, 2.45) is 0 Å². The van der Waals surface area contributed by atoms with Gasteiger partial charge in [0.05, 0.1) is 13.0 Å². The third kappa shape index (κ3) is 6.89. The number of nitrogens with two attached hydrogens (primary N) is 1. The van der Waals surface area contributed by atoms with Crippen molar-refractivity contribution in [2.45, 2.75) is 13.0 Å². The van der Waals surface area contributed by atoms with E-state index >= 15 is 0 Å². The van der Waals surface area contributed by atoms with E-state index < -0.39 is 0 Å². The molecule has 0 saturated heterocycles. The largest absolute Gasteiger partial charge is 0.491 e. The van der Waals surface area contributed by atoms with Crippen LogP contribution in [0.2, 0.25) is 0 Å². The standard InChI is InChI=1S/C18H22N2O3.ClH/c1-22-9-10-23-17-4-2-3-15(11-17)13-20-18(21)12-14-5-7-16(19)8-6-14;/h2-8,11H,9-10,12-13,19H2,1H3,(H,20,21);1H. The Kier molecular flexibility index (Phi) is 8.68. The Morgan fingerprint density at radius 3 is 2.54 bits per heavy atom. The van der Waals surface area contributed by atoms with Crippen LogP contribution in [0, 0.1) is 0 Å². The fourth-order valence-corrected chi connectivity index (χ4v) is 2.07. The van der Waals surface area contributed by atoms with E-state index in [0.29, 0.717) is 31.9 Å². The van der Waals surface area contributed by atoms with Gasteiger partial charge in [0.15, 0.2) is 0 Å². The average molecular weight is 351 g/mol. The van der Waals surface area contributed by atoms with Gasteiger partial charge in [0.2, 0.25) is 5.91 Å². The summed E-state index contributed by atoms with van der Waals surface area (Å²) in [6, 6.07) is 15.0. The lowest BCUT2D eigenvalue weighted by Crippen LogP contribution is -2.24. The van der Waals surface area contributed by atoms with E-state index in [0.717, 1.165) is 16.9 Å². The molecule has 0 atom stereocenters. The van der Waals surface area contributed by atoms with Crippen LogP contribution in [-0.4, -0.2) is 26.2 Å². The minimum atomic E-state index is -0.0273. The Morgan fingerprint density at radius 2 is 1.83 bits per heavy atom. The normalized spacial score (nSPS) is 9.88. The van der Waals surface area contributed by atoms with Crippen LogP contribution in [0.5, 0.6) is 5.75 Å². The number of carbonyl (C=O) groups excluding carboxylic acids is 1. The first-order valence-corrected chi connectivity index (χ1v) is 7.49. The van der Waals surface area contributed by atoms with Crippen molar-refractivity contribution in [2.75, 3.05) is 26.1 Å². The number of hydrogen-bond acceptors (Lipinski definition) is 4. The zero-order valence-electron chi connectivity index (χ0n) is 13.7. The van der Waals surface area contributed by atoms with Gasteiger partial charge in [0, 0.05) is 19.3 Å². The maximum absolute atomic E-state index is 12.0. The summed E-state index contributed by atoms with van der Waals surface area (Å²) in [4.78, 5) is 12.0. The Balaban J connectivity index is 0.00000288. The highest BCUT2D eigenvalue weighted by Gasteiger charge is 2.04. The van der Waals surface area contributed by atoms with Crippen LogP contribution >= 0.6 is 12.4 Å². The molecule has 0 heterocycles. The van der Waals surface area contributed by atoms with Gasteiger partial charge in [-0.2, -0.15) is 0 Å². The SMILES string of the molecule is COCCOc1cccc(CNC(=O)Cc2ccc(N)cc2)c1.Cl. The predicted molar refractivity (Wildman–Crippen MR) is 97.5 cm³/mol. The summed E-state index contributed by atoms with van der Waals surface area (Å²) < 4.78 is 10.5. The monoisotopic (exact) mass is 350 g/mol. The molecule has 0 saturated carbocycles. The lowest BCUT2D eigenvalue weighted by Gasteiger charge is -2.09. The molecule has 2 aromatic carbocycles. The first kappa shape index (κ1) is 19.8. The van der Waals surface area contributed by atoms with Crippen molar-refractivity contribution in [1.29, 1.82) is 0 Å². The minimum Gasteiger partial charge on any atom is -0.491 e. The number of benzene rings is 2. The van der Waals surface area contributed by atoms with E-state index in [9.17, 15) is 4.79 Å². The summed E-state index contributed by atoms with van der Waals surface area (Å²) in [6.07, 6.45) is 0.338. The summed E-state index contributed by atoms with van der Waals surface area (Å²) in [5.74, 6) is 0.743. The van der Waals surface area contributed by atoms with Crippen LogP contribution in [0.3, 0.4) is 0 Å². The lowest BCUT2D eigenvalue weighted by atomic mass is 10.1. The molecule has 2 aromatic rings. The molecule has 3 N–H and O–H groups in total. The number of nitrogen functional groups attached to an aromatic ring is 1. The first-order chi connectivity index (χ1) is 11.2. The van der Waals surface area contributed by atoms with E-state index in [1.165, 1.54) is 0 Å². The topological polar surface area (TPSA) is 73.6 Å². The maximum Gasteiger partial charge on any atom is 0.224 e. The van der Waals surface area contributed by atoms with E-state index in [1.807, 2.05) is 36.4 Å². The predicted octanol–water partition coefficient (Wildman–Crippen LogP) is 2.57. The maximum atomic E-state index is 12.0. The van der Waals surface area contributed by atoms with Gasteiger partial charge >= 0.3 is 0 Å². The molecule has 0 unspecified atom stereocenters. The number of anilines is 1. The average Bonchev–Trinajstić information content (AvgIpc) is 2.56. The molecular weight excluding hydrogens is 328 g/mol. The molecular formula is C18H23ClN2O3. The molecule has 0 aliphatic rings. The second kappa shape index (κ2) is 10.5. The van der Waals surface area contributed by atoms with Crippen LogP contribution in [0.1, 0.15) is 11.1 Å². The molecule has 5 nitrogen and oxygen atoms in total. The molecule has 24 heavy (non-hydrogen) atoms. The van der Waals surface area contributed by atoms with Crippen molar-refractivity contribution >= 4 is 24.0 Å². The first-order valence-electron chi connectivity index (χ1n) is 7.49.